The number of piperidine rings is 2. The number of benzene rings is 6. The minimum Gasteiger partial charge on any atom is -0.481 e. The molecule has 6 aromatic carbocycles. The van der Waals surface area contributed by atoms with Crippen molar-refractivity contribution in [3.8, 4) is 0 Å². The Balaban J connectivity index is 0.000000196. The molecule has 4 atom stereocenters. The molecule has 2 heterocycles. The molecule has 6 aromatic rings. The number of alkyl halides is 6. The van der Waals surface area contributed by atoms with Crippen molar-refractivity contribution in [1.82, 2.24) is 9.80 Å². The molecule has 15 nitrogen and oxygen atoms in total. The van der Waals surface area contributed by atoms with Gasteiger partial charge >= 0.3 is 30.3 Å². The van der Waals surface area contributed by atoms with E-state index in [2.05, 4.69) is 16.0 Å². The first kappa shape index (κ1) is 65.9. The van der Waals surface area contributed by atoms with Crippen molar-refractivity contribution >= 4 is 58.4 Å². The lowest BCUT2D eigenvalue weighted by molar-refractivity contribution is -0.145. The third kappa shape index (κ3) is 16.0. The molecule has 0 aromatic heterocycles. The van der Waals surface area contributed by atoms with Crippen LogP contribution in [-0.4, -0.2) is 85.9 Å². The predicted octanol–water partition coefficient (Wildman–Crippen LogP) is 14.6. The van der Waals surface area contributed by atoms with Gasteiger partial charge in [-0.3, -0.25) is 19.2 Å². The van der Waals surface area contributed by atoms with Crippen molar-refractivity contribution in [2.24, 2.45) is 11.8 Å². The number of aromatic carboxylic acids is 2. The molecule has 472 valence electrons. The average molecular weight is 1240 g/mol. The summed E-state index contributed by atoms with van der Waals surface area (Å²) in [6, 6.07) is 28.4. The van der Waals surface area contributed by atoms with Gasteiger partial charge in [0.15, 0.2) is 0 Å². The molecule has 0 bridgehead atoms. The highest BCUT2D eigenvalue weighted by Crippen LogP contribution is 2.42. The van der Waals surface area contributed by atoms with E-state index < -0.39 is 106 Å². The summed E-state index contributed by atoms with van der Waals surface area (Å²) >= 11 is 0. The number of nitrogens with two attached hydrogens (primary N) is 1. The lowest BCUT2D eigenvalue weighted by atomic mass is 9.83. The number of hydrogen-bond donors (Lipinski definition) is 7. The number of carboxylic acid groups (broad SMARTS) is 3. The Labute approximate surface area is 508 Å². The predicted molar refractivity (Wildman–Crippen MR) is 317 cm³/mol. The van der Waals surface area contributed by atoms with Gasteiger partial charge in [0.2, 0.25) is 5.91 Å². The molecule has 3 amide bonds. The Hall–Kier alpha value is -9.02. The number of halogens is 8. The molecule has 0 spiro atoms. The van der Waals surface area contributed by atoms with E-state index >= 15 is 0 Å². The van der Waals surface area contributed by atoms with Crippen LogP contribution in [0.1, 0.15) is 164 Å². The van der Waals surface area contributed by atoms with Gasteiger partial charge in [0.05, 0.1) is 57.3 Å². The smallest absolute Gasteiger partial charge is 0.417 e. The first-order chi connectivity index (χ1) is 42.2. The molecule has 0 unspecified atom stereocenters. The monoisotopic (exact) mass is 1240 g/mol. The Morgan fingerprint density at radius 3 is 1.29 bits per heavy atom. The van der Waals surface area contributed by atoms with E-state index in [1.165, 1.54) is 35.9 Å². The molecule has 2 saturated heterocycles. The fraction of sp³-hybridized carbons (Fsp3) is 0.364. The summed E-state index contributed by atoms with van der Waals surface area (Å²) in [5.74, 6) is -8.83. The van der Waals surface area contributed by atoms with Gasteiger partial charge in [0, 0.05) is 47.9 Å². The van der Waals surface area contributed by atoms with Crippen LogP contribution in [0.5, 0.6) is 0 Å². The highest BCUT2D eigenvalue weighted by Gasteiger charge is 2.43. The standard InChI is InChI=1S/C33H33F4N3O4.C25H29FN2O3.C8H6F3NO2/c1-19-6-4-10-27(34)28(19)31(42)40-17-5-9-25(29(40)20-11-13-22(14-12-20)38-21-7-2-3-8-21)30(41)39-23-15-16-24(32(43)44)26(18-23)33(35,36)37;1-16-6-4-10-21(26)22(16)24(29)28-15-5-9-20(25(30)31)23(28)17-11-13-19(14-12-17)27-18-7-2-3-8-18;9-8(10,11)6-3-4(12)1-2-5(6)7(13)14/h4,6,10-16,18,21,25,29,38H,2-3,5,7-9,17H2,1H3,(H,39,41)(H,43,44);4,6,10-14,18,20,23,27H,2-3,5,7-9,15H2,1H3,(H,30,31);1-3H,12H2,(H,13,14)/t25-,29-;20-,23-;/m00./s1. The van der Waals surface area contributed by atoms with E-state index in [0.717, 1.165) is 79.7 Å². The second-order valence-corrected chi connectivity index (χ2v) is 22.7. The summed E-state index contributed by atoms with van der Waals surface area (Å²) in [5, 5.41) is 37.1. The van der Waals surface area contributed by atoms with Gasteiger partial charge in [-0.2, -0.15) is 26.3 Å². The zero-order valence-corrected chi connectivity index (χ0v) is 48.7. The molecular weight excluding hydrogens is 1170 g/mol. The zero-order chi connectivity index (χ0) is 64.5. The molecule has 23 heteroatoms. The highest BCUT2D eigenvalue weighted by atomic mass is 19.4. The van der Waals surface area contributed by atoms with Crippen LogP contribution in [0.2, 0.25) is 0 Å². The van der Waals surface area contributed by atoms with Crippen LogP contribution in [0.4, 0.5) is 57.9 Å². The minimum absolute atomic E-state index is 0.0260. The van der Waals surface area contributed by atoms with Gasteiger partial charge in [0.1, 0.15) is 11.6 Å². The summed E-state index contributed by atoms with van der Waals surface area (Å²) in [6.45, 7) is 3.98. The molecule has 10 rings (SSSR count). The first-order valence-electron chi connectivity index (χ1n) is 29.2. The lowest BCUT2D eigenvalue weighted by Crippen LogP contribution is -2.46. The van der Waals surface area contributed by atoms with Gasteiger partial charge in [-0.05, 0) is 160 Å². The number of nitrogen functional groups attached to an aromatic ring is 1. The van der Waals surface area contributed by atoms with Crippen LogP contribution in [0.25, 0.3) is 0 Å². The van der Waals surface area contributed by atoms with Gasteiger partial charge < -0.3 is 46.8 Å². The largest absolute Gasteiger partial charge is 0.481 e. The molecule has 8 N–H and O–H groups in total. The normalized spacial score (nSPS) is 18.8. The molecular formula is C66H68F8N6O9. The van der Waals surface area contributed by atoms with E-state index in [1.54, 1.807) is 36.9 Å². The van der Waals surface area contributed by atoms with Crippen molar-refractivity contribution < 1.29 is 79.2 Å². The Morgan fingerprint density at radius 2 is 0.888 bits per heavy atom. The Kier molecular flexibility index (Phi) is 21.1. The molecule has 4 fully saturated rings. The summed E-state index contributed by atoms with van der Waals surface area (Å²) in [5.41, 5.74) is 4.63. The molecule has 2 saturated carbocycles. The van der Waals surface area contributed by atoms with Crippen LogP contribution < -0.4 is 21.7 Å². The number of rotatable bonds is 13. The highest BCUT2D eigenvalue weighted by molar-refractivity contribution is 5.99. The van der Waals surface area contributed by atoms with Crippen molar-refractivity contribution in [2.75, 3.05) is 34.8 Å². The van der Waals surface area contributed by atoms with Crippen LogP contribution in [0.15, 0.2) is 121 Å². The molecule has 2 aliphatic carbocycles. The van der Waals surface area contributed by atoms with Gasteiger partial charge in [-0.25, -0.2) is 18.4 Å². The lowest BCUT2D eigenvalue weighted by Gasteiger charge is -2.41. The molecule has 2 aliphatic heterocycles. The molecule has 89 heavy (non-hydrogen) atoms. The second-order valence-electron chi connectivity index (χ2n) is 22.7. The number of nitrogens with zero attached hydrogens (tertiary/aromatic N) is 2. The quantitative estimate of drug-likeness (QED) is 0.0423. The Bertz CT molecular complexity index is 3510. The SMILES string of the molecule is Cc1cccc(F)c1C(=O)N1CCC[C@H](C(=O)Nc2ccc(C(=O)O)c(C(F)(F)F)c2)[C@@H]1c1ccc(NC2CCCC2)cc1.Cc1cccc(F)c1C(=O)N1CCC[C@H](C(=O)O)[C@@H]1c1ccc(NC2CCCC2)cc1.Nc1ccc(C(=O)O)c(C(F)(F)F)c1. The van der Waals surface area contributed by atoms with Crippen LogP contribution >= 0.6 is 0 Å². The van der Waals surface area contributed by atoms with E-state index in [4.69, 9.17) is 10.8 Å². The molecule has 4 aliphatic rings. The van der Waals surface area contributed by atoms with Crippen LogP contribution in [0, 0.1) is 37.3 Å². The number of carbonyl (C=O) groups is 6. The fourth-order valence-corrected chi connectivity index (χ4v) is 12.3. The zero-order valence-electron chi connectivity index (χ0n) is 48.7. The van der Waals surface area contributed by atoms with E-state index in [0.29, 0.717) is 73.1 Å². The van der Waals surface area contributed by atoms with Gasteiger partial charge in [-0.15, -0.1) is 0 Å². The number of nitrogens with one attached hydrogen (secondary N) is 3. The average Bonchev–Trinajstić information content (AvgIpc) is 3.14. The summed E-state index contributed by atoms with van der Waals surface area (Å²) in [7, 11) is 0. The van der Waals surface area contributed by atoms with Gasteiger partial charge in [0.25, 0.3) is 11.8 Å². The van der Waals surface area contributed by atoms with Gasteiger partial charge in [-0.1, -0.05) is 74.2 Å². The van der Waals surface area contributed by atoms with Crippen molar-refractivity contribution in [3.05, 3.63) is 189 Å². The van der Waals surface area contributed by atoms with Crippen molar-refractivity contribution in [3.63, 3.8) is 0 Å². The number of aliphatic carboxylic acids is 1. The van der Waals surface area contributed by atoms with Crippen LogP contribution in [0.3, 0.4) is 0 Å². The number of aryl methyl sites for hydroxylation is 2. The minimum atomic E-state index is -4.96. The van der Waals surface area contributed by atoms with E-state index in [-0.39, 0.29) is 29.0 Å². The van der Waals surface area contributed by atoms with E-state index in [1.807, 2.05) is 48.5 Å². The first-order valence-corrected chi connectivity index (χ1v) is 29.2. The third-order valence-corrected chi connectivity index (χ3v) is 16.7. The Morgan fingerprint density at radius 1 is 0.494 bits per heavy atom. The summed E-state index contributed by atoms with van der Waals surface area (Å²) in [6.07, 6.45) is 1.38. The number of hydrogen-bond acceptors (Lipinski definition) is 9. The molecule has 0 radical (unpaired) electrons. The fourth-order valence-electron chi connectivity index (χ4n) is 12.3. The second kappa shape index (κ2) is 28.4. The number of carboxylic acids is 3. The topological polar surface area (TPSA) is 232 Å². The van der Waals surface area contributed by atoms with Crippen LogP contribution in [-0.2, 0) is 21.9 Å². The van der Waals surface area contributed by atoms with Crippen molar-refractivity contribution in [2.45, 2.75) is 127 Å². The maximum Gasteiger partial charge on any atom is 0.417 e. The number of carbonyl (C=O) groups excluding carboxylic acids is 3. The summed E-state index contributed by atoms with van der Waals surface area (Å²) < 4.78 is 107. The third-order valence-electron chi connectivity index (χ3n) is 16.7. The summed E-state index contributed by atoms with van der Waals surface area (Å²) in [4.78, 5) is 77.9. The van der Waals surface area contributed by atoms with Crippen molar-refractivity contribution in [1.29, 1.82) is 0 Å². The number of amides is 3. The number of likely N-dealkylation sites (tertiary alicyclic amines) is 2. The van der Waals surface area contributed by atoms with E-state index in [9.17, 15) is 74.1 Å². The maximum absolute atomic E-state index is 14.9. The maximum atomic E-state index is 14.9. The number of anilines is 4.